The van der Waals surface area contributed by atoms with Crippen LogP contribution in [0.3, 0.4) is 0 Å². The largest absolute Gasteiger partial charge is 0.357 e. The van der Waals surface area contributed by atoms with E-state index in [1.807, 2.05) is 11.8 Å². The van der Waals surface area contributed by atoms with E-state index < -0.39 is 0 Å². The predicted octanol–water partition coefficient (Wildman–Crippen LogP) is 2.29. The maximum atomic E-state index is 11.8. The van der Waals surface area contributed by atoms with Gasteiger partial charge in [0.25, 0.3) is 0 Å². The summed E-state index contributed by atoms with van der Waals surface area (Å²) in [7, 11) is 0. The second kappa shape index (κ2) is 14.6. The van der Waals surface area contributed by atoms with Gasteiger partial charge in [0, 0.05) is 38.6 Å². The average molecular weight is 467 g/mol. The van der Waals surface area contributed by atoms with Crippen molar-refractivity contribution in [2.45, 2.75) is 59.4 Å². The maximum absolute atomic E-state index is 11.8. The van der Waals surface area contributed by atoms with E-state index in [2.05, 4.69) is 41.3 Å². The lowest BCUT2D eigenvalue weighted by molar-refractivity contribution is -0.129. The Kier molecular flexibility index (Phi) is 14.3. The van der Waals surface area contributed by atoms with E-state index in [1.165, 1.54) is 6.42 Å². The van der Waals surface area contributed by atoms with Crippen LogP contribution in [-0.4, -0.2) is 73.5 Å². The number of unbranched alkanes of at least 4 members (excludes halogenated alkanes) is 1. The van der Waals surface area contributed by atoms with Gasteiger partial charge < -0.3 is 20.4 Å². The number of nitrogens with one attached hydrogen (secondary N) is 2. The van der Waals surface area contributed by atoms with Gasteiger partial charge in [-0.25, -0.2) is 0 Å². The number of guanidine groups is 1. The van der Waals surface area contributed by atoms with Crippen LogP contribution in [0.5, 0.6) is 0 Å². The highest BCUT2D eigenvalue weighted by atomic mass is 127. The summed E-state index contributed by atoms with van der Waals surface area (Å²) in [5.41, 5.74) is 0. The summed E-state index contributed by atoms with van der Waals surface area (Å²) in [5.74, 6) is 1.13. The Labute approximate surface area is 171 Å². The van der Waals surface area contributed by atoms with Crippen LogP contribution in [0, 0.1) is 0 Å². The highest BCUT2D eigenvalue weighted by Gasteiger charge is 2.25. The molecule has 0 radical (unpaired) electrons. The Bertz CT molecular complexity index is 388. The lowest BCUT2D eigenvalue weighted by Crippen LogP contribution is -2.45. The van der Waals surface area contributed by atoms with Crippen molar-refractivity contribution in [3.8, 4) is 0 Å². The number of hydrogen-bond acceptors (Lipinski definition) is 3. The zero-order chi connectivity index (χ0) is 17.8. The molecule has 1 amide bonds. The number of carbonyl (C=O) groups excluding carboxylic acids is 1. The molecule has 0 aromatic heterocycles. The van der Waals surface area contributed by atoms with Gasteiger partial charge in [-0.15, -0.1) is 24.0 Å². The lowest BCUT2D eigenvalue weighted by atomic mass is 10.2. The molecule has 0 spiro atoms. The Morgan fingerprint density at radius 2 is 1.92 bits per heavy atom. The number of likely N-dealkylation sites (tertiary alicyclic amines) is 1. The lowest BCUT2D eigenvalue weighted by Gasteiger charge is -2.19. The van der Waals surface area contributed by atoms with E-state index in [4.69, 9.17) is 0 Å². The highest BCUT2D eigenvalue weighted by Crippen LogP contribution is 2.10. The van der Waals surface area contributed by atoms with Crippen LogP contribution in [0.1, 0.15) is 53.4 Å². The van der Waals surface area contributed by atoms with E-state index in [0.717, 1.165) is 64.6 Å². The number of hydrogen-bond donors (Lipinski definition) is 2. The average Bonchev–Trinajstić information content (AvgIpc) is 3.06. The summed E-state index contributed by atoms with van der Waals surface area (Å²) in [6.45, 7) is 15.2. The molecule has 1 saturated heterocycles. The molecule has 148 valence electrons. The summed E-state index contributed by atoms with van der Waals surface area (Å²) in [6, 6.07) is 0.314. The Morgan fingerprint density at radius 1 is 1.20 bits per heavy atom. The molecule has 0 saturated carbocycles. The third-order valence-electron chi connectivity index (χ3n) is 4.58. The minimum Gasteiger partial charge on any atom is -0.357 e. The zero-order valence-corrected chi connectivity index (χ0v) is 18.8. The minimum atomic E-state index is 0. The molecule has 1 aliphatic rings. The van der Waals surface area contributed by atoms with E-state index in [-0.39, 0.29) is 29.9 Å². The van der Waals surface area contributed by atoms with Crippen molar-refractivity contribution < 1.29 is 4.79 Å². The SMILES string of the molecule is CCNC(=NCCCCN(CC)CC)NC1CCN(C(=O)CC)C1.I. The van der Waals surface area contributed by atoms with Gasteiger partial charge in [0.1, 0.15) is 0 Å². The molecule has 0 aromatic carbocycles. The number of halogens is 1. The van der Waals surface area contributed by atoms with Gasteiger partial charge in [0.2, 0.25) is 5.91 Å². The fourth-order valence-corrected chi connectivity index (χ4v) is 3.02. The number of rotatable bonds is 10. The molecular formula is C18H38IN5O. The molecule has 0 aromatic rings. The van der Waals surface area contributed by atoms with Crippen molar-refractivity contribution in [3.05, 3.63) is 0 Å². The molecule has 25 heavy (non-hydrogen) atoms. The summed E-state index contributed by atoms with van der Waals surface area (Å²) < 4.78 is 0. The number of aliphatic imine (C=N–C) groups is 1. The third-order valence-corrected chi connectivity index (χ3v) is 4.58. The molecule has 6 nitrogen and oxygen atoms in total. The summed E-state index contributed by atoms with van der Waals surface area (Å²) in [4.78, 5) is 20.9. The molecule has 1 heterocycles. The standard InChI is InChI=1S/C18H37N5O.HI/c1-5-17(24)23-14-11-16(15-23)21-18(19-6-2)20-12-9-10-13-22(7-3)8-4;/h16H,5-15H2,1-4H3,(H2,19,20,21);1H. The first kappa shape index (κ1) is 24.4. The molecule has 0 aliphatic carbocycles. The van der Waals surface area contributed by atoms with Crippen LogP contribution in [-0.2, 0) is 4.79 Å². The molecule has 1 unspecified atom stereocenters. The summed E-state index contributed by atoms with van der Waals surface area (Å²) in [5, 5.41) is 6.80. The molecule has 1 atom stereocenters. The summed E-state index contributed by atoms with van der Waals surface area (Å²) in [6.07, 6.45) is 3.89. The topological polar surface area (TPSA) is 60.0 Å². The van der Waals surface area contributed by atoms with Gasteiger partial charge in [0.05, 0.1) is 0 Å². The van der Waals surface area contributed by atoms with Crippen LogP contribution in [0.15, 0.2) is 4.99 Å². The smallest absolute Gasteiger partial charge is 0.222 e. The molecule has 1 rings (SSSR count). The second-order valence-electron chi connectivity index (χ2n) is 6.32. The first-order valence-corrected chi connectivity index (χ1v) is 9.69. The van der Waals surface area contributed by atoms with Crippen LogP contribution in [0.2, 0.25) is 0 Å². The molecule has 0 bridgehead atoms. The number of carbonyl (C=O) groups is 1. The van der Waals surface area contributed by atoms with Crippen molar-refractivity contribution >= 4 is 35.8 Å². The van der Waals surface area contributed by atoms with Gasteiger partial charge in [-0.05, 0) is 45.8 Å². The van der Waals surface area contributed by atoms with Crippen molar-refractivity contribution in [1.82, 2.24) is 20.4 Å². The van der Waals surface area contributed by atoms with E-state index >= 15 is 0 Å². The summed E-state index contributed by atoms with van der Waals surface area (Å²) >= 11 is 0. The fraction of sp³-hybridized carbons (Fsp3) is 0.889. The predicted molar refractivity (Wildman–Crippen MR) is 117 cm³/mol. The van der Waals surface area contributed by atoms with Crippen LogP contribution in [0.25, 0.3) is 0 Å². The molecule has 1 fully saturated rings. The second-order valence-corrected chi connectivity index (χ2v) is 6.32. The molecule has 1 aliphatic heterocycles. The Morgan fingerprint density at radius 3 is 2.52 bits per heavy atom. The van der Waals surface area contributed by atoms with E-state index in [0.29, 0.717) is 12.5 Å². The van der Waals surface area contributed by atoms with Gasteiger partial charge in [-0.3, -0.25) is 9.79 Å². The molecular weight excluding hydrogens is 429 g/mol. The van der Waals surface area contributed by atoms with Crippen LogP contribution >= 0.6 is 24.0 Å². The van der Waals surface area contributed by atoms with Gasteiger partial charge in [-0.1, -0.05) is 20.8 Å². The van der Waals surface area contributed by atoms with Gasteiger partial charge in [-0.2, -0.15) is 0 Å². The monoisotopic (exact) mass is 467 g/mol. The zero-order valence-electron chi connectivity index (χ0n) is 16.5. The molecule has 7 heteroatoms. The van der Waals surface area contributed by atoms with Crippen molar-refractivity contribution in [2.75, 3.05) is 45.8 Å². The number of amides is 1. The first-order valence-electron chi connectivity index (χ1n) is 9.69. The quantitative estimate of drug-likeness (QED) is 0.224. The van der Waals surface area contributed by atoms with Gasteiger partial charge in [0.15, 0.2) is 5.96 Å². The van der Waals surface area contributed by atoms with Crippen LogP contribution < -0.4 is 10.6 Å². The van der Waals surface area contributed by atoms with Gasteiger partial charge >= 0.3 is 0 Å². The van der Waals surface area contributed by atoms with Crippen LogP contribution in [0.4, 0.5) is 0 Å². The van der Waals surface area contributed by atoms with E-state index in [1.54, 1.807) is 0 Å². The maximum Gasteiger partial charge on any atom is 0.222 e. The highest BCUT2D eigenvalue weighted by molar-refractivity contribution is 14.0. The normalized spacial score (nSPS) is 17.6. The first-order chi connectivity index (χ1) is 11.6. The van der Waals surface area contributed by atoms with Crippen molar-refractivity contribution in [1.29, 1.82) is 0 Å². The van der Waals surface area contributed by atoms with Crippen molar-refractivity contribution in [2.24, 2.45) is 4.99 Å². The minimum absolute atomic E-state index is 0. The number of nitrogens with zero attached hydrogens (tertiary/aromatic N) is 3. The Hall–Kier alpha value is -0.570. The van der Waals surface area contributed by atoms with Crippen molar-refractivity contribution in [3.63, 3.8) is 0 Å². The third kappa shape index (κ3) is 9.63. The fourth-order valence-electron chi connectivity index (χ4n) is 3.02. The Balaban J connectivity index is 0.00000576. The van der Waals surface area contributed by atoms with E-state index in [9.17, 15) is 4.79 Å². The molecule has 2 N–H and O–H groups in total.